The highest BCUT2D eigenvalue weighted by Crippen LogP contribution is 2.40. The molecule has 3 nitrogen and oxygen atoms in total. The number of aromatic nitrogens is 1. The van der Waals surface area contributed by atoms with E-state index >= 15 is 0 Å². The van der Waals surface area contributed by atoms with E-state index in [-0.39, 0.29) is 0 Å². The molecule has 12 rings (SSSR count). The number of hydrogen-bond acceptors (Lipinski definition) is 2. The first-order valence-corrected chi connectivity index (χ1v) is 20.8. The minimum absolute atomic E-state index is 0.904. The average molecular weight is 779 g/mol. The fourth-order valence-corrected chi connectivity index (χ4v) is 9.18. The summed E-state index contributed by atoms with van der Waals surface area (Å²) in [6, 6.07) is 83.1. The van der Waals surface area contributed by atoms with Gasteiger partial charge in [0.2, 0.25) is 0 Å². The summed E-state index contributed by atoms with van der Waals surface area (Å²) in [6.45, 7) is 0. The van der Waals surface area contributed by atoms with Crippen molar-refractivity contribution in [3.05, 3.63) is 231 Å². The van der Waals surface area contributed by atoms with Crippen LogP contribution in [0, 0.1) is 0 Å². The summed E-state index contributed by atoms with van der Waals surface area (Å²) in [6.07, 6.45) is 0. The second kappa shape index (κ2) is 14.3. The molecule has 0 N–H and O–H groups in total. The average Bonchev–Trinajstić information content (AvgIpc) is 3.88. The second-order valence-corrected chi connectivity index (χ2v) is 15.8. The summed E-state index contributed by atoms with van der Waals surface area (Å²) in [5.74, 6) is 0. The molecule has 12 aromatic rings. The van der Waals surface area contributed by atoms with Crippen LogP contribution in [-0.4, -0.2) is 4.57 Å². The van der Waals surface area contributed by atoms with E-state index in [1.165, 1.54) is 49.3 Å². The highest BCUT2D eigenvalue weighted by atomic mass is 16.3. The molecule has 0 amide bonds. The summed E-state index contributed by atoms with van der Waals surface area (Å²) in [5.41, 5.74) is 15.6. The lowest BCUT2D eigenvalue weighted by atomic mass is 10.00. The second-order valence-electron chi connectivity index (χ2n) is 15.8. The Labute approximate surface area is 353 Å². The first kappa shape index (κ1) is 34.9. The van der Waals surface area contributed by atoms with Crippen molar-refractivity contribution in [2.45, 2.75) is 0 Å². The largest absolute Gasteiger partial charge is 0.456 e. The lowest BCUT2D eigenvalue weighted by Crippen LogP contribution is -2.10. The SMILES string of the molecule is c1cc(-c2ccc3ccccc3c2)cc(N(c2ccc(-c3cccc(-n4c5ccccc5c5ccccc54)c3)cc2)c2ccc(-c3ccc4oc5ccccc5c4c3)cc2)c1. The molecule has 10 aromatic carbocycles. The molecule has 0 unspecified atom stereocenters. The highest BCUT2D eigenvalue weighted by molar-refractivity contribution is 6.09. The number of anilines is 3. The van der Waals surface area contributed by atoms with Gasteiger partial charge in [-0.1, -0.05) is 146 Å². The third kappa shape index (κ3) is 6.06. The zero-order chi connectivity index (χ0) is 40.3. The normalized spacial score (nSPS) is 11.6. The van der Waals surface area contributed by atoms with Crippen LogP contribution >= 0.6 is 0 Å². The Bertz CT molecular complexity index is 3540. The van der Waals surface area contributed by atoms with Crippen molar-refractivity contribution < 1.29 is 4.42 Å². The van der Waals surface area contributed by atoms with Crippen LogP contribution in [0.15, 0.2) is 235 Å². The van der Waals surface area contributed by atoms with E-state index in [2.05, 4.69) is 228 Å². The van der Waals surface area contributed by atoms with Crippen molar-refractivity contribution in [3.63, 3.8) is 0 Å². The summed E-state index contributed by atoms with van der Waals surface area (Å²) in [7, 11) is 0. The number of benzene rings is 10. The lowest BCUT2D eigenvalue weighted by molar-refractivity contribution is 0.669. The first-order chi connectivity index (χ1) is 30.2. The molecule has 2 heterocycles. The molecule has 3 heteroatoms. The Morgan fingerprint density at radius 1 is 0.295 bits per heavy atom. The van der Waals surface area contributed by atoms with Gasteiger partial charge in [-0.25, -0.2) is 0 Å². The Kier molecular flexibility index (Phi) is 8.17. The molecule has 0 aliphatic heterocycles. The number of fused-ring (bicyclic) bond motifs is 7. The maximum absolute atomic E-state index is 6.14. The zero-order valence-corrected chi connectivity index (χ0v) is 33.2. The standard InChI is InChI=1S/C58H38N2O/c1-2-12-42-35-45(24-23-39(42)11-1)44-14-10-15-49(37-44)59(48-32-27-41(28-33-48)46-29-34-58-54(38-46)53-19-5-8-22-57(53)61-58)47-30-25-40(26-31-47)43-13-9-16-50(36-43)60-55-20-6-3-17-51(55)52-18-4-7-21-56(52)60/h1-38H. The Balaban J connectivity index is 0.936. The van der Waals surface area contributed by atoms with E-state index in [1.54, 1.807) is 0 Å². The van der Waals surface area contributed by atoms with E-state index in [1.807, 2.05) is 12.1 Å². The summed E-state index contributed by atoms with van der Waals surface area (Å²) >= 11 is 0. The maximum atomic E-state index is 6.14. The van der Waals surface area contributed by atoms with E-state index in [0.717, 1.165) is 61.4 Å². The number of nitrogens with zero attached hydrogens (tertiary/aromatic N) is 2. The molecule has 0 saturated carbocycles. The first-order valence-electron chi connectivity index (χ1n) is 20.8. The Morgan fingerprint density at radius 2 is 0.820 bits per heavy atom. The predicted molar refractivity (Wildman–Crippen MR) is 257 cm³/mol. The Morgan fingerprint density at radius 3 is 1.54 bits per heavy atom. The highest BCUT2D eigenvalue weighted by Gasteiger charge is 2.17. The van der Waals surface area contributed by atoms with Crippen LogP contribution in [0.1, 0.15) is 0 Å². The molecular weight excluding hydrogens is 741 g/mol. The molecule has 286 valence electrons. The topological polar surface area (TPSA) is 21.3 Å². The molecule has 0 spiro atoms. The van der Waals surface area contributed by atoms with Crippen molar-refractivity contribution >= 4 is 71.6 Å². The van der Waals surface area contributed by atoms with Gasteiger partial charge in [0, 0.05) is 44.3 Å². The van der Waals surface area contributed by atoms with Gasteiger partial charge in [0.25, 0.3) is 0 Å². The quantitative estimate of drug-likeness (QED) is 0.161. The van der Waals surface area contributed by atoms with Gasteiger partial charge < -0.3 is 13.9 Å². The van der Waals surface area contributed by atoms with Gasteiger partial charge in [-0.15, -0.1) is 0 Å². The van der Waals surface area contributed by atoms with E-state index in [4.69, 9.17) is 4.42 Å². The summed E-state index contributed by atoms with van der Waals surface area (Å²) in [4.78, 5) is 2.36. The smallest absolute Gasteiger partial charge is 0.135 e. The predicted octanol–water partition coefficient (Wildman–Crippen LogP) is 16.3. The number of hydrogen-bond donors (Lipinski definition) is 0. The van der Waals surface area contributed by atoms with Crippen LogP contribution in [0.4, 0.5) is 17.1 Å². The molecule has 0 atom stereocenters. The zero-order valence-electron chi connectivity index (χ0n) is 33.2. The van der Waals surface area contributed by atoms with E-state index < -0.39 is 0 Å². The minimum atomic E-state index is 0.904. The minimum Gasteiger partial charge on any atom is -0.456 e. The molecule has 0 saturated heterocycles. The van der Waals surface area contributed by atoms with Crippen molar-refractivity contribution in [1.82, 2.24) is 4.57 Å². The van der Waals surface area contributed by atoms with Crippen molar-refractivity contribution in [1.29, 1.82) is 0 Å². The van der Waals surface area contributed by atoms with Gasteiger partial charge in [-0.2, -0.15) is 0 Å². The van der Waals surface area contributed by atoms with Crippen molar-refractivity contribution in [2.75, 3.05) is 4.90 Å². The van der Waals surface area contributed by atoms with Crippen LogP contribution in [0.5, 0.6) is 0 Å². The van der Waals surface area contributed by atoms with E-state index in [0.29, 0.717) is 0 Å². The van der Waals surface area contributed by atoms with Gasteiger partial charge in [0.1, 0.15) is 11.2 Å². The molecule has 2 aromatic heterocycles. The lowest BCUT2D eigenvalue weighted by Gasteiger charge is -2.26. The van der Waals surface area contributed by atoms with Crippen LogP contribution in [-0.2, 0) is 0 Å². The van der Waals surface area contributed by atoms with Gasteiger partial charge in [-0.05, 0) is 129 Å². The molecule has 0 radical (unpaired) electrons. The molecule has 0 fully saturated rings. The molecule has 0 bridgehead atoms. The fourth-order valence-electron chi connectivity index (χ4n) is 9.18. The van der Waals surface area contributed by atoms with Gasteiger partial charge in [0.05, 0.1) is 11.0 Å². The van der Waals surface area contributed by atoms with Crippen molar-refractivity contribution in [3.8, 4) is 39.1 Å². The fraction of sp³-hybridized carbons (Fsp3) is 0. The molecular formula is C58H38N2O. The van der Waals surface area contributed by atoms with Crippen LogP contribution in [0.25, 0.3) is 93.6 Å². The Hall–Kier alpha value is -8.14. The number of furan rings is 1. The van der Waals surface area contributed by atoms with Crippen LogP contribution in [0.2, 0.25) is 0 Å². The van der Waals surface area contributed by atoms with Crippen LogP contribution < -0.4 is 4.90 Å². The molecule has 0 aliphatic rings. The number of para-hydroxylation sites is 3. The van der Waals surface area contributed by atoms with E-state index in [9.17, 15) is 0 Å². The van der Waals surface area contributed by atoms with Crippen LogP contribution in [0.3, 0.4) is 0 Å². The summed E-state index contributed by atoms with van der Waals surface area (Å²) < 4.78 is 8.52. The molecule has 0 aliphatic carbocycles. The molecule has 61 heavy (non-hydrogen) atoms. The summed E-state index contributed by atoms with van der Waals surface area (Å²) in [5, 5.41) is 7.26. The van der Waals surface area contributed by atoms with Gasteiger partial charge >= 0.3 is 0 Å². The van der Waals surface area contributed by atoms with Gasteiger partial charge in [-0.3, -0.25) is 0 Å². The number of rotatable bonds is 7. The maximum Gasteiger partial charge on any atom is 0.135 e. The third-order valence-electron chi connectivity index (χ3n) is 12.2. The third-order valence-corrected chi connectivity index (χ3v) is 12.2. The van der Waals surface area contributed by atoms with Crippen molar-refractivity contribution in [2.24, 2.45) is 0 Å². The monoisotopic (exact) mass is 778 g/mol. The van der Waals surface area contributed by atoms with Gasteiger partial charge in [0.15, 0.2) is 0 Å².